The highest BCUT2D eigenvalue weighted by molar-refractivity contribution is 6.32. The van der Waals surface area contributed by atoms with Crippen molar-refractivity contribution >= 4 is 17.4 Å². The molecule has 2 atom stereocenters. The number of aromatic amines is 1. The Morgan fingerprint density at radius 1 is 1.50 bits per heavy atom. The number of nitrogens with zero attached hydrogens (tertiary/aromatic N) is 1. The summed E-state index contributed by atoms with van der Waals surface area (Å²) in [4.78, 5) is 17.7. The Labute approximate surface area is 98.4 Å². The van der Waals surface area contributed by atoms with Crippen molar-refractivity contribution in [3.8, 4) is 0 Å². The lowest BCUT2D eigenvalue weighted by atomic mass is 9.91. The zero-order valence-electron chi connectivity index (χ0n) is 8.87. The molecule has 0 radical (unpaired) electrons. The number of hydrogen-bond acceptors (Lipinski definition) is 4. The summed E-state index contributed by atoms with van der Waals surface area (Å²) < 4.78 is 0. The number of rotatable bonds is 2. The van der Waals surface area contributed by atoms with E-state index in [4.69, 9.17) is 17.3 Å². The fraction of sp³-hybridized carbons (Fsp3) is 0.600. The Bertz CT molecular complexity index is 420. The van der Waals surface area contributed by atoms with Crippen LogP contribution in [0.1, 0.15) is 25.7 Å². The zero-order valence-corrected chi connectivity index (χ0v) is 9.63. The fourth-order valence-corrected chi connectivity index (χ4v) is 2.16. The molecule has 2 unspecified atom stereocenters. The number of hydrogen-bond donors (Lipinski definition) is 3. The maximum absolute atomic E-state index is 11.3. The summed E-state index contributed by atoms with van der Waals surface area (Å²) in [6, 6.07) is 0.256. The van der Waals surface area contributed by atoms with E-state index < -0.39 is 0 Å². The lowest BCUT2D eigenvalue weighted by molar-refractivity contribution is 0.403. The molecule has 6 heteroatoms. The maximum atomic E-state index is 11.3. The highest BCUT2D eigenvalue weighted by atomic mass is 35.5. The number of nitrogens with one attached hydrogen (secondary N) is 2. The van der Waals surface area contributed by atoms with Crippen molar-refractivity contribution in [2.45, 2.75) is 37.8 Å². The van der Waals surface area contributed by atoms with Crippen LogP contribution in [0.25, 0.3) is 0 Å². The highest BCUT2D eigenvalue weighted by Crippen LogP contribution is 2.22. The SMILES string of the molecule is NC1CCCCC1Nc1nc[nH]c(=O)c1Cl. The molecule has 1 fully saturated rings. The van der Waals surface area contributed by atoms with Crippen molar-refractivity contribution in [2.24, 2.45) is 5.73 Å². The van der Waals surface area contributed by atoms with Gasteiger partial charge in [0.25, 0.3) is 5.56 Å². The van der Waals surface area contributed by atoms with E-state index in [1.807, 2.05) is 0 Å². The van der Waals surface area contributed by atoms with Gasteiger partial charge < -0.3 is 16.0 Å². The Morgan fingerprint density at radius 3 is 3.00 bits per heavy atom. The van der Waals surface area contributed by atoms with E-state index in [0.29, 0.717) is 5.82 Å². The first-order chi connectivity index (χ1) is 7.68. The fourth-order valence-electron chi connectivity index (χ4n) is 2.00. The second-order valence-electron chi connectivity index (χ2n) is 4.09. The third-order valence-electron chi connectivity index (χ3n) is 2.94. The van der Waals surface area contributed by atoms with Gasteiger partial charge in [0.15, 0.2) is 5.82 Å². The quantitative estimate of drug-likeness (QED) is 0.725. The topological polar surface area (TPSA) is 83.8 Å². The van der Waals surface area contributed by atoms with Gasteiger partial charge in [-0.05, 0) is 12.8 Å². The van der Waals surface area contributed by atoms with Gasteiger partial charge in [0.1, 0.15) is 5.02 Å². The first-order valence-electron chi connectivity index (χ1n) is 5.44. The van der Waals surface area contributed by atoms with Crippen LogP contribution in [0.15, 0.2) is 11.1 Å². The summed E-state index contributed by atoms with van der Waals surface area (Å²) in [5.74, 6) is 0.424. The molecule has 16 heavy (non-hydrogen) atoms. The monoisotopic (exact) mass is 242 g/mol. The predicted octanol–water partition coefficient (Wildman–Crippen LogP) is 1.11. The average molecular weight is 243 g/mol. The summed E-state index contributed by atoms with van der Waals surface area (Å²) in [5, 5.41) is 3.25. The molecule has 0 amide bonds. The van der Waals surface area contributed by atoms with E-state index in [-0.39, 0.29) is 22.7 Å². The van der Waals surface area contributed by atoms with Crippen LogP contribution in [0.4, 0.5) is 5.82 Å². The molecular weight excluding hydrogens is 228 g/mol. The maximum Gasteiger partial charge on any atom is 0.271 e. The summed E-state index contributed by atoms with van der Waals surface area (Å²) in [7, 11) is 0. The minimum absolute atomic E-state index is 0.0975. The third-order valence-corrected chi connectivity index (χ3v) is 3.29. The van der Waals surface area contributed by atoms with Gasteiger partial charge >= 0.3 is 0 Å². The molecule has 88 valence electrons. The van der Waals surface area contributed by atoms with Crippen LogP contribution in [0.2, 0.25) is 5.02 Å². The number of aromatic nitrogens is 2. The molecular formula is C10H15ClN4O. The van der Waals surface area contributed by atoms with Gasteiger partial charge in [-0.2, -0.15) is 0 Å². The van der Waals surface area contributed by atoms with Crippen LogP contribution in [0.5, 0.6) is 0 Å². The van der Waals surface area contributed by atoms with Crippen molar-refractivity contribution < 1.29 is 0 Å². The molecule has 0 aromatic carbocycles. The van der Waals surface area contributed by atoms with Crippen LogP contribution < -0.4 is 16.6 Å². The Hall–Kier alpha value is -1.07. The molecule has 1 aliphatic rings. The molecule has 1 heterocycles. The van der Waals surface area contributed by atoms with Crippen molar-refractivity contribution in [1.82, 2.24) is 9.97 Å². The molecule has 5 nitrogen and oxygen atoms in total. The molecule has 2 rings (SSSR count). The van der Waals surface area contributed by atoms with Crippen molar-refractivity contribution in [1.29, 1.82) is 0 Å². The van der Waals surface area contributed by atoms with E-state index in [1.165, 1.54) is 6.33 Å². The summed E-state index contributed by atoms with van der Waals surface area (Å²) in [5.41, 5.74) is 5.67. The molecule has 1 aromatic heterocycles. The van der Waals surface area contributed by atoms with Crippen LogP contribution in [-0.4, -0.2) is 22.1 Å². The lowest BCUT2D eigenvalue weighted by Gasteiger charge is -2.29. The van der Waals surface area contributed by atoms with Crippen molar-refractivity contribution in [3.63, 3.8) is 0 Å². The molecule has 1 aromatic rings. The van der Waals surface area contributed by atoms with Crippen LogP contribution >= 0.6 is 11.6 Å². The molecule has 1 saturated carbocycles. The van der Waals surface area contributed by atoms with Crippen molar-refractivity contribution in [2.75, 3.05) is 5.32 Å². The highest BCUT2D eigenvalue weighted by Gasteiger charge is 2.22. The van der Waals surface area contributed by atoms with Crippen molar-refractivity contribution in [3.05, 3.63) is 21.7 Å². The van der Waals surface area contributed by atoms with Gasteiger partial charge in [0.2, 0.25) is 0 Å². The molecule has 0 saturated heterocycles. The normalized spacial score (nSPS) is 25.4. The first-order valence-corrected chi connectivity index (χ1v) is 5.81. The zero-order chi connectivity index (χ0) is 11.5. The van der Waals surface area contributed by atoms with Gasteiger partial charge in [-0.1, -0.05) is 24.4 Å². The third kappa shape index (κ3) is 2.36. The number of nitrogens with two attached hydrogens (primary N) is 1. The van der Waals surface area contributed by atoms with Gasteiger partial charge in [-0.3, -0.25) is 4.79 Å². The van der Waals surface area contributed by atoms with E-state index in [9.17, 15) is 4.79 Å². The van der Waals surface area contributed by atoms with Crippen LogP contribution in [-0.2, 0) is 0 Å². The van der Waals surface area contributed by atoms with Gasteiger partial charge in [-0.25, -0.2) is 4.98 Å². The second-order valence-corrected chi connectivity index (χ2v) is 4.47. The molecule has 0 aliphatic heterocycles. The van der Waals surface area contributed by atoms with Crippen LogP contribution in [0.3, 0.4) is 0 Å². The Kier molecular flexibility index (Phi) is 3.46. The largest absolute Gasteiger partial charge is 0.364 e. The van der Waals surface area contributed by atoms with Crippen LogP contribution in [0, 0.1) is 0 Å². The van der Waals surface area contributed by atoms with Gasteiger partial charge in [0.05, 0.1) is 6.33 Å². The molecule has 0 bridgehead atoms. The predicted molar refractivity (Wildman–Crippen MR) is 63.7 cm³/mol. The first kappa shape index (κ1) is 11.4. The minimum Gasteiger partial charge on any atom is -0.364 e. The number of H-pyrrole nitrogens is 1. The molecule has 1 aliphatic carbocycles. The minimum atomic E-state index is -0.330. The molecule has 0 spiro atoms. The number of anilines is 1. The lowest BCUT2D eigenvalue weighted by Crippen LogP contribution is -2.43. The molecule has 4 N–H and O–H groups in total. The summed E-state index contributed by atoms with van der Waals surface area (Å²) >= 11 is 5.85. The Balaban J connectivity index is 2.14. The summed E-state index contributed by atoms with van der Waals surface area (Å²) in [6.07, 6.45) is 5.64. The Morgan fingerprint density at radius 2 is 2.25 bits per heavy atom. The van der Waals surface area contributed by atoms with Gasteiger partial charge in [0, 0.05) is 12.1 Å². The number of halogens is 1. The van der Waals surface area contributed by atoms with E-state index in [2.05, 4.69) is 15.3 Å². The van der Waals surface area contributed by atoms with E-state index in [0.717, 1.165) is 25.7 Å². The van der Waals surface area contributed by atoms with Gasteiger partial charge in [-0.15, -0.1) is 0 Å². The van der Waals surface area contributed by atoms with E-state index >= 15 is 0 Å². The van der Waals surface area contributed by atoms with E-state index in [1.54, 1.807) is 0 Å². The summed E-state index contributed by atoms with van der Waals surface area (Å²) in [6.45, 7) is 0. The average Bonchev–Trinajstić information content (AvgIpc) is 2.28. The standard InChI is InChI=1S/C10H15ClN4O/c11-8-9(13-5-14-10(8)16)15-7-4-2-1-3-6(7)12/h5-7H,1-4,12H2,(H2,13,14,15,16). The smallest absolute Gasteiger partial charge is 0.271 e. The second kappa shape index (κ2) is 4.84.